The second-order valence-corrected chi connectivity index (χ2v) is 8.57. The number of aromatic nitrogens is 3. The number of hydrogen-bond acceptors (Lipinski definition) is 6. The number of carbonyl (C=O) groups is 1. The molecule has 172 valence electrons. The van der Waals surface area contributed by atoms with E-state index >= 15 is 0 Å². The zero-order valence-corrected chi connectivity index (χ0v) is 19.5. The molecule has 33 heavy (non-hydrogen) atoms. The fourth-order valence-corrected chi connectivity index (χ4v) is 4.49. The Labute approximate surface area is 194 Å². The number of likely N-dealkylation sites (tertiary alicyclic amines) is 1. The first-order valence-corrected chi connectivity index (χ1v) is 11.5. The van der Waals surface area contributed by atoms with Crippen LogP contribution in [0.25, 0.3) is 16.6 Å². The first kappa shape index (κ1) is 22.6. The molecule has 0 saturated carbocycles. The van der Waals surface area contributed by atoms with E-state index in [0.29, 0.717) is 23.8 Å². The fraction of sp³-hybridized carbons (Fsp3) is 0.440. The van der Waals surface area contributed by atoms with Crippen LogP contribution in [0.2, 0.25) is 0 Å². The number of anilines is 1. The topological polar surface area (TPSA) is 86.8 Å². The minimum absolute atomic E-state index is 0.172. The third-order valence-electron chi connectivity index (χ3n) is 6.31. The molecule has 0 radical (unpaired) electrons. The minimum Gasteiger partial charge on any atom is -0.492 e. The van der Waals surface area contributed by atoms with Gasteiger partial charge < -0.3 is 14.5 Å². The van der Waals surface area contributed by atoms with Gasteiger partial charge in [0.2, 0.25) is 5.91 Å². The van der Waals surface area contributed by atoms with Gasteiger partial charge in [0.1, 0.15) is 17.6 Å². The maximum Gasteiger partial charge on any atom is 0.219 e. The molecule has 8 nitrogen and oxygen atoms in total. The molecule has 1 saturated heterocycles. The number of rotatable bonds is 7. The van der Waals surface area contributed by atoms with Crippen LogP contribution in [0, 0.1) is 17.2 Å². The average molecular weight is 447 g/mol. The molecule has 4 heterocycles. The van der Waals surface area contributed by atoms with E-state index in [0.717, 1.165) is 54.9 Å². The quantitative estimate of drug-likeness (QED) is 0.549. The standard InChI is InChI=1S/C25H30N6O2/c1-4-33-22-12-23(25-21(13-26)15-28-31(25)17-22)20-7-8-24(27-14-20)29(3)11-9-19-6-5-10-30(16-19)18(2)32/h7-8,12,14-15,17,19H,4-6,9-11,16H2,1-3H3. The maximum absolute atomic E-state index is 11.7. The molecule has 0 aliphatic carbocycles. The van der Waals surface area contributed by atoms with Crippen LogP contribution < -0.4 is 9.64 Å². The molecule has 8 heteroatoms. The van der Waals surface area contributed by atoms with Crippen LogP contribution in [0.1, 0.15) is 38.7 Å². The predicted octanol–water partition coefficient (Wildman–Crippen LogP) is 3.75. The Kier molecular flexibility index (Phi) is 6.78. The molecule has 0 N–H and O–H groups in total. The number of pyridine rings is 2. The lowest BCUT2D eigenvalue weighted by molar-refractivity contribution is -0.130. The molecule has 1 atom stereocenters. The lowest BCUT2D eigenvalue weighted by atomic mass is 9.94. The van der Waals surface area contributed by atoms with Gasteiger partial charge in [-0.2, -0.15) is 10.4 Å². The average Bonchev–Trinajstić information content (AvgIpc) is 3.25. The zero-order valence-electron chi connectivity index (χ0n) is 19.5. The normalized spacial score (nSPS) is 15.9. The summed E-state index contributed by atoms with van der Waals surface area (Å²) in [5.74, 6) is 2.29. The van der Waals surface area contributed by atoms with Crippen molar-refractivity contribution in [1.82, 2.24) is 19.5 Å². The molecule has 0 bridgehead atoms. The van der Waals surface area contributed by atoms with Crippen molar-refractivity contribution in [3.8, 4) is 22.9 Å². The predicted molar refractivity (Wildman–Crippen MR) is 127 cm³/mol. The smallest absolute Gasteiger partial charge is 0.219 e. The number of nitriles is 1. The number of nitrogens with zero attached hydrogens (tertiary/aromatic N) is 6. The highest BCUT2D eigenvalue weighted by atomic mass is 16.5. The van der Waals surface area contributed by atoms with Crippen molar-refractivity contribution >= 4 is 17.2 Å². The number of ether oxygens (including phenoxy) is 1. The van der Waals surface area contributed by atoms with E-state index in [1.54, 1.807) is 23.8 Å². The Morgan fingerprint density at radius 3 is 2.91 bits per heavy atom. The summed E-state index contributed by atoms with van der Waals surface area (Å²) in [4.78, 5) is 20.5. The molecule has 4 rings (SSSR count). The molecule has 3 aromatic heterocycles. The molecule has 1 unspecified atom stereocenters. The molecular formula is C25H30N6O2. The Morgan fingerprint density at radius 1 is 1.36 bits per heavy atom. The molecular weight excluding hydrogens is 416 g/mol. The SMILES string of the molecule is CCOc1cc(-c2ccc(N(C)CCC3CCCN(C(C)=O)C3)nc2)c2c(C#N)cnn2c1. The van der Waals surface area contributed by atoms with Gasteiger partial charge >= 0.3 is 0 Å². The summed E-state index contributed by atoms with van der Waals surface area (Å²) in [6.07, 6.45) is 8.48. The zero-order chi connectivity index (χ0) is 23.4. The third-order valence-corrected chi connectivity index (χ3v) is 6.31. The van der Waals surface area contributed by atoms with Gasteiger partial charge in [0, 0.05) is 50.9 Å². The fourth-order valence-electron chi connectivity index (χ4n) is 4.49. The molecule has 0 aromatic carbocycles. The summed E-state index contributed by atoms with van der Waals surface area (Å²) in [6.45, 7) is 6.76. The Morgan fingerprint density at radius 2 is 2.21 bits per heavy atom. The Balaban J connectivity index is 1.50. The van der Waals surface area contributed by atoms with E-state index in [1.807, 2.05) is 43.3 Å². The van der Waals surface area contributed by atoms with Gasteiger partial charge in [0.25, 0.3) is 0 Å². The third kappa shape index (κ3) is 4.92. The summed E-state index contributed by atoms with van der Waals surface area (Å²) in [6, 6.07) is 8.19. The van der Waals surface area contributed by atoms with Crippen LogP contribution in [-0.2, 0) is 4.79 Å². The molecule has 1 amide bonds. The van der Waals surface area contributed by atoms with Crippen molar-refractivity contribution in [3.63, 3.8) is 0 Å². The van der Waals surface area contributed by atoms with E-state index in [9.17, 15) is 10.1 Å². The largest absolute Gasteiger partial charge is 0.492 e. The highest BCUT2D eigenvalue weighted by molar-refractivity contribution is 5.85. The van der Waals surface area contributed by atoms with Gasteiger partial charge in [-0.3, -0.25) is 4.79 Å². The van der Waals surface area contributed by atoms with Gasteiger partial charge in [-0.15, -0.1) is 0 Å². The van der Waals surface area contributed by atoms with Crippen LogP contribution >= 0.6 is 0 Å². The highest BCUT2D eigenvalue weighted by Gasteiger charge is 2.22. The van der Waals surface area contributed by atoms with E-state index < -0.39 is 0 Å². The second kappa shape index (κ2) is 9.90. The molecule has 1 fully saturated rings. The number of fused-ring (bicyclic) bond motifs is 1. The van der Waals surface area contributed by atoms with Gasteiger partial charge in [-0.25, -0.2) is 9.50 Å². The van der Waals surface area contributed by atoms with E-state index in [-0.39, 0.29) is 5.91 Å². The maximum atomic E-state index is 11.7. The Bertz CT molecular complexity index is 1160. The molecule has 3 aromatic rings. The van der Waals surface area contributed by atoms with Crippen molar-refractivity contribution in [2.75, 3.05) is 38.2 Å². The van der Waals surface area contributed by atoms with Gasteiger partial charge in [0.05, 0.1) is 30.1 Å². The number of hydrogen-bond donors (Lipinski definition) is 0. The molecule has 1 aliphatic heterocycles. The minimum atomic E-state index is 0.172. The lowest BCUT2D eigenvalue weighted by Crippen LogP contribution is -2.39. The van der Waals surface area contributed by atoms with Gasteiger partial charge in [-0.05, 0) is 50.3 Å². The van der Waals surface area contributed by atoms with Crippen LogP contribution in [0.3, 0.4) is 0 Å². The van der Waals surface area contributed by atoms with Crippen molar-refractivity contribution in [2.24, 2.45) is 5.92 Å². The number of piperidine rings is 1. The number of carbonyl (C=O) groups excluding carboxylic acids is 1. The Hall–Kier alpha value is -3.60. The summed E-state index contributed by atoms with van der Waals surface area (Å²) in [5.41, 5.74) is 3.03. The highest BCUT2D eigenvalue weighted by Crippen LogP contribution is 2.31. The van der Waals surface area contributed by atoms with E-state index in [1.165, 1.54) is 6.42 Å². The second-order valence-electron chi connectivity index (χ2n) is 8.57. The monoisotopic (exact) mass is 446 g/mol. The van der Waals surface area contributed by atoms with Crippen molar-refractivity contribution in [2.45, 2.75) is 33.1 Å². The lowest BCUT2D eigenvalue weighted by Gasteiger charge is -2.33. The summed E-state index contributed by atoms with van der Waals surface area (Å²) >= 11 is 0. The molecule has 1 aliphatic rings. The molecule has 0 spiro atoms. The van der Waals surface area contributed by atoms with Crippen LogP contribution in [-0.4, -0.2) is 58.7 Å². The summed E-state index contributed by atoms with van der Waals surface area (Å²) in [5, 5.41) is 13.8. The van der Waals surface area contributed by atoms with Crippen molar-refractivity contribution < 1.29 is 9.53 Å². The first-order valence-electron chi connectivity index (χ1n) is 11.5. The number of amides is 1. The van der Waals surface area contributed by atoms with Gasteiger partial charge in [-0.1, -0.05) is 0 Å². The van der Waals surface area contributed by atoms with Crippen LogP contribution in [0.5, 0.6) is 5.75 Å². The van der Waals surface area contributed by atoms with Crippen LogP contribution in [0.4, 0.5) is 5.82 Å². The van der Waals surface area contributed by atoms with Crippen LogP contribution in [0.15, 0.2) is 36.8 Å². The van der Waals surface area contributed by atoms with Crippen molar-refractivity contribution in [3.05, 3.63) is 42.4 Å². The van der Waals surface area contributed by atoms with Gasteiger partial charge in [0.15, 0.2) is 0 Å². The van der Waals surface area contributed by atoms with E-state index in [2.05, 4.69) is 16.1 Å². The van der Waals surface area contributed by atoms with Crippen molar-refractivity contribution in [1.29, 1.82) is 5.26 Å². The summed E-state index contributed by atoms with van der Waals surface area (Å²) < 4.78 is 7.38. The summed E-state index contributed by atoms with van der Waals surface area (Å²) in [7, 11) is 2.05. The first-order chi connectivity index (χ1) is 16.0. The van der Waals surface area contributed by atoms with E-state index in [4.69, 9.17) is 9.72 Å².